The van der Waals surface area contributed by atoms with Crippen LogP contribution in [-0.4, -0.2) is 26.4 Å². The van der Waals surface area contributed by atoms with Crippen molar-refractivity contribution in [2.45, 2.75) is 12.5 Å². The highest BCUT2D eigenvalue weighted by Gasteiger charge is 2.26. The van der Waals surface area contributed by atoms with Gasteiger partial charge >= 0.3 is 0 Å². The largest absolute Gasteiger partial charge is 0.383 e. The Bertz CT molecular complexity index is 669. The van der Waals surface area contributed by atoms with Crippen LogP contribution in [0.3, 0.4) is 0 Å². The number of aromatic nitrogens is 2. The first-order chi connectivity index (χ1) is 9.79. The van der Waals surface area contributed by atoms with Gasteiger partial charge in [-0.1, -0.05) is 0 Å². The lowest BCUT2D eigenvalue weighted by molar-refractivity contribution is -0.384. The van der Waals surface area contributed by atoms with Crippen LogP contribution in [0.1, 0.15) is 12.5 Å². The summed E-state index contributed by atoms with van der Waals surface area (Å²) in [5, 5.41) is 28.0. The van der Waals surface area contributed by atoms with Gasteiger partial charge in [-0.25, -0.2) is 4.39 Å². The van der Waals surface area contributed by atoms with Gasteiger partial charge in [-0.15, -0.1) is 0 Å². The molecule has 8 heteroatoms. The molecule has 0 spiro atoms. The number of anilines is 1. The molecule has 1 atom stereocenters. The van der Waals surface area contributed by atoms with E-state index < -0.39 is 16.3 Å². The molecule has 1 aromatic carbocycles. The van der Waals surface area contributed by atoms with Crippen molar-refractivity contribution >= 4 is 11.4 Å². The second-order valence-electron chi connectivity index (χ2n) is 4.95. The van der Waals surface area contributed by atoms with Crippen molar-refractivity contribution < 1.29 is 14.4 Å². The van der Waals surface area contributed by atoms with E-state index in [9.17, 15) is 19.6 Å². The van der Waals surface area contributed by atoms with E-state index in [4.69, 9.17) is 0 Å². The summed E-state index contributed by atoms with van der Waals surface area (Å²) in [6.45, 7) is 1.52. The second-order valence-corrected chi connectivity index (χ2v) is 4.95. The van der Waals surface area contributed by atoms with Crippen LogP contribution in [-0.2, 0) is 12.6 Å². The normalized spacial score (nSPS) is 13.7. The number of nitrogens with one attached hydrogen (secondary N) is 1. The Kier molecular flexibility index (Phi) is 3.90. The molecule has 7 nitrogen and oxygen atoms in total. The third-order valence-corrected chi connectivity index (χ3v) is 3.11. The zero-order valence-corrected chi connectivity index (χ0v) is 11.6. The van der Waals surface area contributed by atoms with Gasteiger partial charge in [-0.2, -0.15) is 5.10 Å². The molecule has 0 saturated carbocycles. The summed E-state index contributed by atoms with van der Waals surface area (Å²) in [6, 6.07) is 3.12. The number of aryl methyl sites for hydroxylation is 1. The molecule has 112 valence electrons. The SMILES string of the molecule is Cn1cc([C@](C)(O)CNc2cc(F)ccc2[N+](=O)[O-])cn1. The molecule has 0 aliphatic heterocycles. The van der Waals surface area contributed by atoms with Crippen LogP contribution in [0, 0.1) is 15.9 Å². The summed E-state index contributed by atoms with van der Waals surface area (Å²) in [5.74, 6) is -0.593. The first kappa shape index (κ1) is 14.9. The van der Waals surface area contributed by atoms with Crippen molar-refractivity contribution in [3.63, 3.8) is 0 Å². The number of rotatable bonds is 5. The van der Waals surface area contributed by atoms with Crippen molar-refractivity contribution in [2.75, 3.05) is 11.9 Å². The van der Waals surface area contributed by atoms with Crippen molar-refractivity contribution in [1.29, 1.82) is 0 Å². The molecule has 0 bridgehead atoms. The smallest absolute Gasteiger partial charge is 0.292 e. The lowest BCUT2D eigenvalue weighted by Crippen LogP contribution is -2.30. The van der Waals surface area contributed by atoms with Gasteiger partial charge in [0.1, 0.15) is 17.1 Å². The summed E-state index contributed by atoms with van der Waals surface area (Å²) >= 11 is 0. The molecule has 0 aliphatic carbocycles. The standard InChI is InChI=1S/C13H15FN4O3/c1-13(19,9-6-16-17(2)7-9)8-15-11-5-10(14)3-4-12(11)18(20)21/h3-7,15,19H,8H2,1-2H3/t13-/m1/s1. The molecule has 0 unspecified atom stereocenters. The Morgan fingerprint density at radius 1 is 1.57 bits per heavy atom. The Morgan fingerprint density at radius 3 is 2.86 bits per heavy atom. The third-order valence-electron chi connectivity index (χ3n) is 3.11. The topological polar surface area (TPSA) is 93.2 Å². The van der Waals surface area contributed by atoms with Gasteiger partial charge in [-0.05, 0) is 13.0 Å². The first-order valence-corrected chi connectivity index (χ1v) is 6.19. The fourth-order valence-electron chi connectivity index (χ4n) is 1.88. The van der Waals surface area contributed by atoms with Crippen LogP contribution in [0.2, 0.25) is 0 Å². The summed E-state index contributed by atoms with van der Waals surface area (Å²) in [7, 11) is 1.71. The highest BCUT2D eigenvalue weighted by atomic mass is 19.1. The molecule has 21 heavy (non-hydrogen) atoms. The first-order valence-electron chi connectivity index (χ1n) is 6.19. The van der Waals surface area contributed by atoms with E-state index in [1.54, 1.807) is 20.2 Å². The predicted molar refractivity (Wildman–Crippen MR) is 74.3 cm³/mol. The average molecular weight is 294 g/mol. The fourth-order valence-corrected chi connectivity index (χ4v) is 1.88. The highest BCUT2D eigenvalue weighted by Crippen LogP contribution is 2.27. The maximum absolute atomic E-state index is 13.2. The zero-order valence-electron chi connectivity index (χ0n) is 11.6. The molecule has 2 N–H and O–H groups in total. The maximum Gasteiger partial charge on any atom is 0.292 e. The van der Waals surface area contributed by atoms with Crippen LogP contribution in [0.25, 0.3) is 0 Å². The zero-order chi connectivity index (χ0) is 15.6. The molecule has 2 rings (SSSR count). The van der Waals surface area contributed by atoms with Crippen LogP contribution in [0.15, 0.2) is 30.6 Å². The van der Waals surface area contributed by atoms with Gasteiger partial charge in [0, 0.05) is 37.5 Å². The minimum atomic E-state index is -1.30. The molecule has 0 amide bonds. The second kappa shape index (κ2) is 5.49. The molecule has 0 saturated heterocycles. The highest BCUT2D eigenvalue weighted by molar-refractivity contribution is 5.61. The average Bonchev–Trinajstić information content (AvgIpc) is 2.84. The summed E-state index contributed by atoms with van der Waals surface area (Å²) in [6.07, 6.45) is 3.14. The third kappa shape index (κ3) is 3.34. The van der Waals surface area contributed by atoms with Crippen molar-refractivity contribution in [2.24, 2.45) is 7.05 Å². The van der Waals surface area contributed by atoms with E-state index in [-0.39, 0.29) is 17.9 Å². The van der Waals surface area contributed by atoms with Crippen LogP contribution in [0.4, 0.5) is 15.8 Å². The number of hydrogen-bond donors (Lipinski definition) is 2. The Balaban J connectivity index is 2.19. The number of halogens is 1. The molecule has 2 aromatic rings. The van der Waals surface area contributed by atoms with Gasteiger partial charge in [0.05, 0.1) is 11.1 Å². The fraction of sp³-hybridized carbons (Fsp3) is 0.308. The lowest BCUT2D eigenvalue weighted by atomic mass is 9.99. The molecular formula is C13H15FN4O3. The summed E-state index contributed by atoms with van der Waals surface area (Å²) < 4.78 is 14.8. The van der Waals surface area contributed by atoms with Gasteiger partial charge in [-0.3, -0.25) is 14.8 Å². The number of nitro benzene ring substituents is 1. The van der Waals surface area contributed by atoms with Crippen molar-refractivity contribution in [3.05, 3.63) is 52.1 Å². The van der Waals surface area contributed by atoms with E-state index in [1.807, 2.05) is 0 Å². The molecule has 1 heterocycles. The van der Waals surface area contributed by atoms with E-state index in [1.165, 1.54) is 10.9 Å². The summed E-state index contributed by atoms with van der Waals surface area (Å²) in [5.41, 5.74) is -0.979. The maximum atomic E-state index is 13.2. The van der Waals surface area contributed by atoms with Gasteiger partial charge in [0.25, 0.3) is 5.69 Å². The van der Waals surface area contributed by atoms with Crippen LogP contribution >= 0.6 is 0 Å². The van der Waals surface area contributed by atoms with Crippen molar-refractivity contribution in [1.82, 2.24) is 9.78 Å². The number of nitro groups is 1. The van der Waals surface area contributed by atoms with E-state index in [2.05, 4.69) is 10.4 Å². The van der Waals surface area contributed by atoms with Crippen molar-refractivity contribution in [3.8, 4) is 0 Å². The van der Waals surface area contributed by atoms with Crippen LogP contribution in [0.5, 0.6) is 0 Å². The van der Waals surface area contributed by atoms with Gasteiger partial charge < -0.3 is 10.4 Å². The number of aliphatic hydroxyl groups is 1. The quantitative estimate of drug-likeness (QED) is 0.647. The molecule has 0 aliphatic rings. The van der Waals surface area contributed by atoms with Gasteiger partial charge in [0.15, 0.2) is 0 Å². The molecule has 0 fully saturated rings. The monoisotopic (exact) mass is 294 g/mol. The summed E-state index contributed by atoms with van der Waals surface area (Å²) in [4.78, 5) is 10.3. The van der Waals surface area contributed by atoms with Gasteiger partial charge in [0.2, 0.25) is 0 Å². The number of hydrogen-bond acceptors (Lipinski definition) is 5. The minimum Gasteiger partial charge on any atom is -0.383 e. The van der Waals surface area contributed by atoms with E-state index >= 15 is 0 Å². The van der Waals surface area contributed by atoms with E-state index in [0.717, 1.165) is 18.2 Å². The number of benzene rings is 1. The van der Waals surface area contributed by atoms with E-state index in [0.29, 0.717) is 5.56 Å². The Hall–Kier alpha value is -2.48. The molecule has 0 radical (unpaired) electrons. The van der Waals surface area contributed by atoms with Crippen LogP contribution < -0.4 is 5.32 Å². The lowest BCUT2D eigenvalue weighted by Gasteiger charge is -2.22. The Morgan fingerprint density at radius 2 is 2.29 bits per heavy atom. The predicted octanol–water partition coefficient (Wildman–Crippen LogP) is 1.79. The Labute approximate surface area is 120 Å². The minimum absolute atomic E-state index is 0.0177. The molecule has 1 aromatic heterocycles. The number of nitrogens with zero attached hydrogens (tertiary/aromatic N) is 3. The molecular weight excluding hydrogens is 279 g/mol.